The molecule has 2 N–H and O–H groups in total. The molecule has 2 heterocycles. The minimum Gasteiger partial charge on any atom is -0.371 e. The summed E-state index contributed by atoms with van der Waals surface area (Å²) < 4.78 is 64.9. The fourth-order valence-corrected chi connectivity index (χ4v) is 7.69. The number of anilines is 1. The number of nitro benzene ring substituents is 1. The van der Waals surface area contributed by atoms with Gasteiger partial charge in [-0.2, -0.15) is 16.8 Å². The van der Waals surface area contributed by atoms with Crippen molar-refractivity contribution in [2.75, 3.05) is 42.6 Å². The highest BCUT2D eigenvalue weighted by molar-refractivity contribution is 7.86. The minimum atomic E-state index is -3.97. The third kappa shape index (κ3) is 8.78. The molecule has 0 unspecified atom stereocenters. The van der Waals surface area contributed by atoms with Crippen molar-refractivity contribution in [3.05, 3.63) is 104 Å². The molecule has 0 radical (unpaired) electrons. The molecule has 0 saturated heterocycles. The molecule has 0 fully saturated rings. The molecule has 0 saturated carbocycles. The number of nitro groups is 1. The standard InChI is InChI=1S/C33H39N3O8S2/c37-36(38)30-13-9-25(10-14-30)33(28-11-15-31-26(23-28)7-5-19-34(31)17-1-3-21-45(39,40)41)29-12-16-32-27(24-29)8-6-20-35(32)18-2-4-22-46(42,43)44/h9-16,23-24H,1-8,17-22H2,(H-,39,40,41,42,43,44)/p+1. The second-order valence-electron chi connectivity index (χ2n) is 12.0. The van der Waals surface area contributed by atoms with Crippen LogP contribution in [0.4, 0.5) is 11.4 Å². The molecule has 0 aromatic heterocycles. The molecular formula is C33H40N3O8S2+. The lowest BCUT2D eigenvalue weighted by Crippen LogP contribution is -2.39. The summed E-state index contributed by atoms with van der Waals surface area (Å²) in [5, 5.41) is 13.5. The first-order chi connectivity index (χ1) is 21.9. The first kappa shape index (κ1) is 33.7. The summed E-state index contributed by atoms with van der Waals surface area (Å²) in [6.45, 7) is 3.12. The zero-order chi connectivity index (χ0) is 32.9. The number of rotatable bonds is 13. The molecule has 246 valence electrons. The van der Waals surface area contributed by atoms with Crippen LogP contribution >= 0.6 is 0 Å². The van der Waals surface area contributed by atoms with E-state index in [1.807, 2.05) is 0 Å². The van der Waals surface area contributed by atoms with Crippen LogP contribution in [-0.4, -0.2) is 68.5 Å². The Hall–Kier alpha value is -3.65. The van der Waals surface area contributed by atoms with Gasteiger partial charge in [-0.3, -0.25) is 19.2 Å². The topological polar surface area (TPSA) is 158 Å². The van der Waals surface area contributed by atoms with Crippen LogP contribution in [0.1, 0.15) is 60.8 Å². The molecule has 0 amide bonds. The third-order valence-corrected chi connectivity index (χ3v) is 10.3. The summed E-state index contributed by atoms with van der Waals surface area (Å²) in [7, 11) is -7.94. The summed E-state index contributed by atoms with van der Waals surface area (Å²) in [6.07, 6.45) is 5.79. The largest absolute Gasteiger partial charge is 0.371 e. The smallest absolute Gasteiger partial charge is 0.269 e. The number of hydrogen-bond donors (Lipinski definition) is 2. The fraction of sp³-hybridized carbons (Fsp3) is 0.424. The normalized spacial score (nSPS) is 15.7. The molecule has 0 aliphatic carbocycles. The van der Waals surface area contributed by atoms with E-state index in [-0.39, 0.29) is 17.2 Å². The highest BCUT2D eigenvalue weighted by atomic mass is 32.2. The molecule has 0 bridgehead atoms. The number of hydrogen-bond acceptors (Lipinski definition) is 7. The van der Waals surface area contributed by atoms with E-state index in [0.29, 0.717) is 38.8 Å². The van der Waals surface area contributed by atoms with Crippen molar-refractivity contribution >= 4 is 37.2 Å². The maximum atomic E-state index is 11.4. The molecule has 0 spiro atoms. The Morgan fingerprint density at radius 2 is 1.48 bits per heavy atom. The van der Waals surface area contributed by atoms with E-state index in [2.05, 4.69) is 45.9 Å². The zero-order valence-corrected chi connectivity index (χ0v) is 27.3. The van der Waals surface area contributed by atoms with Gasteiger partial charge in [0, 0.05) is 55.4 Å². The summed E-state index contributed by atoms with van der Waals surface area (Å²) in [6, 6.07) is 19.4. The van der Waals surface area contributed by atoms with Gasteiger partial charge in [0.2, 0.25) is 5.36 Å². The number of aryl methyl sites for hydroxylation is 2. The Morgan fingerprint density at radius 1 is 0.804 bits per heavy atom. The van der Waals surface area contributed by atoms with Gasteiger partial charge in [-0.1, -0.05) is 6.07 Å². The molecule has 46 heavy (non-hydrogen) atoms. The average Bonchev–Trinajstić information content (AvgIpc) is 3.01. The first-order valence-electron chi connectivity index (χ1n) is 15.7. The predicted molar refractivity (Wildman–Crippen MR) is 178 cm³/mol. The van der Waals surface area contributed by atoms with Gasteiger partial charge >= 0.3 is 0 Å². The number of nitrogens with zero attached hydrogens (tertiary/aromatic N) is 3. The van der Waals surface area contributed by atoms with Crippen molar-refractivity contribution in [2.45, 2.75) is 51.4 Å². The van der Waals surface area contributed by atoms with Gasteiger partial charge in [-0.15, -0.1) is 0 Å². The zero-order valence-electron chi connectivity index (χ0n) is 25.7. The van der Waals surface area contributed by atoms with E-state index in [4.69, 9.17) is 9.11 Å². The van der Waals surface area contributed by atoms with Crippen LogP contribution < -0.4 is 20.1 Å². The molecule has 0 atom stereocenters. The number of unbranched alkanes of at least 4 members (excludes halogenated alkanes) is 2. The Bertz CT molecular complexity index is 1940. The van der Waals surface area contributed by atoms with Crippen molar-refractivity contribution in [3.63, 3.8) is 0 Å². The second kappa shape index (κ2) is 14.4. The molecule has 3 aromatic rings. The quantitative estimate of drug-likeness (QED) is 0.0915. The van der Waals surface area contributed by atoms with E-state index in [9.17, 15) is 26.9 Å². The van der Waals surface area contributed by atoms with Crippen LogP contribution in [0.15, 0.2) is 60.7 Å². The fourth-order valence-electron chi connectivity index (χ4n) is 6.55. The van der Waals surface area contributed by atoms with Crippen LogP contribution in [0.25, 0.3) is 5.57 Å². The summed E-state index contributed by atoms with van der Waals surface area (Å²) in [4.78, 5) is 13.3. The predicted octanol–water partition coefficient (Wildman–Crippen LogP) is 3.37. The Balaban J connectivity index is 1.52. The van der Waals surface area contributed by atoms with Gasteiger partial charge in [0.05, 0.1) is 16.4 Å². The van der Waals surface area contributed by atoms with Crippen molar-refractivity contribution in [3.8, 4) is 0 Å². The van der Waals surface area contributed by atoms with Gasteiger partial charge in [-0.05, 0) is 102 Å². The molecule has 2 aliphatic rings. The van der Waals surface area contributed by atoms with Crippen LogP contribution in [0.2, 0.25) is 0 Å². The number of fused-ring (bicyclic) bond motifs is 2. The molecule has 11 nitrogen and oxygen atoms in total. The van der Waals surface area contributed by atoms with E-state index in [0.717, 1.165) is 71.7 Å². The van der Waals surface area contributed by atoms with Crippen LogP contribution in [-0.2, 0) is 33.1 Å². The molecule has 5 rings (SSSR count). The molecule has 2 aliphatic heterocycles. The third-order valence-electron chi connectivity index (χ3n) is 8.69. The lowest BCUT2D eigenvalue weighted by molar-refractivity contribution is -0.384. The van der Waals surface area contributed by atoms with Crippen LogP contribution in [0, 0.1) is 10.1 Å². The lowest BCUT2D eigenvalue weighted by Gasteiger charge is -2.32. The Kier molecular flexibility index (Phi) is 10.6. The van der Waals surface area contributed by atoms with Crippen LogP contribution in [0.3, 0.4) is 0 Å². The summed E-state index contributed by atoms with van der Waals surface area (Å²) >= 11 is 0. The number of benzene rings is 3. The van der Waals surface area contributed by atoms with Gasteiger partial charge in [0.1, 0.15) is 13.1 Å². The Labute approximate surface area is 269 Å². The van der Waals surface area contributed by atoms with Crippen molar-refractivity contribution < 1.29 is 30.9 Å². The summed E-state index contributed by atoms with van der Waals surface area (Å²) in [5.74, 6) is -0.487. The molecular weight excluding hydrogens is 631 g/mol. The van der Waals surface area contributed by atoms with Crippen LogP contribution in [0.5, 0.6) is 0 Å². The maximum absolute atomic E-state index is 11.4. The van der Waals surface area contributed by atoms with E-state index in [1.54, 1.807) is 12.1 Å². The molecule has 3 aromatic carbocycles. The average molecular weight is 671 g/mol. The van der Waals surface area contributed by atoms with Gasteiger partial charge in [0.15, 0.2) is 0 Å². The molecule has 13 heteroatoms. The van der Waals surface area contributed by atoms with Crippen molar-refractivity contribution in [2.24, 2.45) is 0 Å². The number of non-ortho nitro benzene ring substituents is 1. The van der Waals surface area contributed by atoms with E-state index < -0.39 is 25.2 Å². The first-order valence-corrected chi connectivity index (χ1v) is 18.9. The second-order valence-corrected chi connectivity index (χ2v) is 15.2. The van der Waals surface area contributed by atoms with Gasteiger partial charge in [0.25, 0.3) is 25.9 Å². The van der Waals surface area contributed by atoms with E-state index >= 15 is 0 Å². The van der Waals surface area contributed by atoms with E-state index in [1.165, 1.54) is 23.3 Å². The minimum absolute atomic E-state index is 0.0215. The summed E-state index contributed by atoms with van der Waals surface area (Å²) in [5.41, 5.74) is 6.34. The lowest BCUT2D eigenvalue weighted by atomic mass is 9.90. The van der Waals surface area contributed by atoms with Gasteiger partial charge in [-0.25, -0.2) is 4.58 Å². The maximum Gasteiger partial charge on any atom is 0.269 e. The highest BCUT2D eigenvalue weighted by Gasteiger charge is 2.21. The monoisotopic (exact) mass is 670 g/mol. The Morgan fingerprint density at radius 3 is 2.17 bits per heavy atom. The van der Waals surface area contributed by atoms with Crippen molar-refractivity contribution in [1.29, 1.82) is 0 Å². The highest BCUT2D eigenvalue weighted by Crippen LogP contribution is 2.32. The van der Waals surface area contributed by atoms with Crippen molar-refractivity contribution in [1.82, 2.24) is 4.58 Å². The van der Waals surface area contributed by atoms with Gasteiger partial charge < -0.3 is 4.90 Å². The SMILES string of the molecule is O=[N+]([O-])c1ccc(C(c2ccc3c(c2)CCCN3CCCCS(=O)(=O)O)=c2ccc3c(c2)CCC[N+]=3CCCCS(=O)(=O)O)cc1.